The normalized spacial score (nSPS) is 15.9. The third-order valence-electron chi connectivity index (χ3n) is 4.87. The molecule has 0 amide bonds. The summed E-state index contributed by atoms with van der Waals surface area (Å²) in [5, 5.41) is 4.37. The van der Waals surface area contributed by atoms with Crippen molar-refractivity contribution in [3.63, 3.8) is 0 Å². The number of para-hydroxylation sites is 1. The SMILES string of the molecule is CC1(C)CC(=O)c2cnn(-c3ccc(S(=O)(=O)Nc4ccccc4)cc3)c2C1. The smallest absolute Gasteiger partial charge is 0.261 e. The molecule has 28 heavy (non-hydrogen) atoms. The molecule has 7 heteroatoms. The number of sulfonamides is 1. The first-order valence-corrected chi connectivity index (χ1v) is 10.5. The molecule has 144 valence electrons. The van der Waals surface area contributed by atoms with E-state index in [0.717, 1.165) is 17.8 Å². The van der Waals surface area contributed by atoms with Crippen LogP contribution in [-0.2, 0) is 16.4 Å². The van der Waals surface area contributed by atoms with E-state index < -0.39 is 10.0 Å². The van der Waals surface area contributed by atoms with Gasteiger partial charge in [-0.2, -0.15) is 5.10 Å². The Morgan fingerprint density at radius 1 is 1.00 bits per heavy atom. The van der Waals surface area contributed by atoms with Gasteiger partial charge in [0, 0.05) is 12.1 Å². The fraction of sp³-hybridized carbons (Fsp3) is 0.238. The summed E-state index contributed by atoms with van der Waals surface area (Å²) >= 11 is 0. The average Bonchev–Trinajstić information content (AvgIpc) is 3.05. The zero-order valence-electron chi connectivity index (χ0n) is 15.7. The van der Waals surface area contributed by atoms with Gasteiger partial charge < -0.3 is 0 Å². The van der Waals surface area contributed by atoms with Crippen molar-refractivity contribution < 1.29 is 13.2 Å². The summed E-state index contributed by atoms with van der Waals surface area (Å²) in [6.45, 7) is 4.13. The molecule has 0 saturated heterocycles. The van der Waals surface area contributed by atoms with Crippen molar-refractivity contribution in [2.75, 3.05) is 4.72 Å². The number of fused-ring (bicyclic) bond motifs is 1. The van der Waals surface area contributed by atoms with Gasteiger partial charge in [0.1, 0.15) is 0 Å². The Morgan fingerprint density at radius 2 is 1.68 bits per heavy atom. The minimum atomic E-state index is -3.68. The Kier molecular flexibility index (Phi) is 4.34. The fourth-order valence-electron chi connectivity index (χ4n) is 3.53. The molecule has 1 aromatic heterocycles. The third kappa shape index (κ3) is 3.45. The maximum atomic E-state index is 12.6. The van der Waals surface area contributed by atoms with Crippen LogP contribution in [0.25, 0.3) is 5.69 Å². The van der Waals surface area contributed by atoms with Crippen LogP contribution >= 0.6 is 0 Å². The first-order chi connectivity index (χ1) is 13.3. The monoisotopic (exact) mass is 395 g/mol. The van der Waals surface area contributed by atoms with Crippen LogP contribution in [0.5, 0.6) is 0 Å². The Labute approximate surface area is 164 Å². The quantitative estimate of drug-likeness (QED) is 0.728. The van der Waals surface area contributed by atoms with Crippen LogP contribution in [0.3, 0.4) is 0 Å². The number of ketones is 1. The van der Waals surface area contributed by atoms with Crippen molar-refractivity contribution in [3.8, 4) is 5.69 Å². The number of hydrogen-bond acceptors (Lipinski definition) is 4. The predicted octanol–water partition coefficient (Wildman–Crippen LogP) is 3.83. The van der Waals surface area contributed by atoms with Crippen LogP contribution in [0.2, 0.25) is 0 Å². The number of anilines is 1. The van der Waals surface area contributed by atoms with Gasteiger partial charge in [0.25, 0.3) is 10.0 Å². The zero-order valence-corrected chi connectivity index (χ0v) is 16.5. The van der Waals surface area contributed by atoms with E-state index in [1.54, 1.807) is 59.4 Å². The molecule has 1 aliphatic rings. The van der Waals surface area contributed by atoms with E-state index in [0.29, 0.717) is 17.7 Å². The molecule has 0 bridgehead atoms. The number of Topliss-reactive ketones (excluding diaryl/α,β-unsaturated/α-hetero) is 1. The van der Waals surface area contributed by atoms with Crippen LogP contribution in [0.15, 0.2) is 65.7 Å². The molecule has 6 nitrogen and oxygen atoms in total. The molecule has 0 aliphatic heterocycles. The summed E-state index contributed by atoms with van der Waals surface area (Å²) in [5.74, 6) is 0.101. The molecule has 3 aromatic rings. The number of carbonyl (C=O) groups excluding carboxylic acids is 1. The van der Waals surface area contributed by atoms with Crippen molar-refractivity contribution in [1.29, 1.82) is 0 Å². The van der Waals surface area contributed by atoms with Gasteiger partial charge >= 0.3 is 0 Å². The number of rotatable bonds is 4. The lowest BCUT2D eigenvalue weighted by atomic mass is 9.76. The van der Waals surface area contributed by atoms with Gasteiger partial charge in [0.2, 0.25) is 0 Å². The Morgan fingerprint density at radius 3 is 2.36 bits per heavy atom. The minimum Gasteiger partial charge on any atom is -0.294 e. The Hall–Kier alpha value is -2.93. The molecule has 0 unspecified atom stereocenters. The molecule has 1 aliphatic carbocycles. The molecule has 0 fully saturated rings. The van der Waals surface area contributed by atoms with Crippen LogP contribution in [-0.4, -0.2) is 24.0 Å². The topological polar surface area (TPSA) is 81.1 Å². The third-order valence-corrected chi connectivity index (χ3v) is 6.27. The van der Waals surface area contributed by atoms with Crippen molar-refractivity contribution in [2.24, 2.45) is 5.41 Å². The highest BCUT2D eigenvalue weighted by Gasteiger charge is 2.34. The minimum absolute atomic E-state index is 0.101. The van der Waals surface area contributed by atoms with Crippen molar-refractivity contribution >= 4 is 21.5 Å². The van der Waals surface area contributed by atoms with E-state index in [2.05, 4.69) is 23.7 Å². The maximum absolute atomic E-state index is 12.6. The summed E-state index contributed by atoms with van der Waals surface area (Å²) in [7, 11) is -3.68. The second-order valence-corrected chi connectivity index (χ2v) is 9.51. The van der Waals surface area contributed by atoms with E-state index in [4.69, 9.17) is 0 Å². The lowest BCUT2D eigenvalue weighted by molar-refractivity contribution is 0.0911. The zero-order chi connectivity index (χ0) is 19.9. The highest BCUT2D eigenvalue weighted by Crippen LogP contribution is 2.35. The first-order valence-electron chi connectivity index (χ1n) is 9.04. The van der Waals surface area contributed by atoms with Crippen LogP contribution in [0, 0.1) is 5.41 Å². The first kappa shape index (κ1) is 18.4. The van der Waals surface area contributed by atoms with Crippen molar-refractivity contribution in [3.05, 3.63) is 72.1 Å². The van der Waals surface area contributed by atoms with Gasteiger partial charge in [-0.1, -0.05) is 32.0 Å². The number of nitrogens with zero attached hydrogens (tertiary/aromatic N) is 2. The number of aromatic nitrogens is 2. The molecular weight excluding hydrogens is 374 g/mol. The molecule has 0 radical (unpaired) electrons. The molecular formula is C21H21N3O3S. The van der Waals surface area contributed by atoms with E-state index >= 15 is 0 Å². The van der Waals surface area contributed by atoms with E-state index in [9.17, 15) is 13.2 Å². The highest BCUT2D eigenvalue weighted by molar-refractivity contribution is 7.92. The van der Waals surface area contributed by atoms with E-state index in [1.807, 2.05) is 6.07 Å². The Balaban J connectivity index is 1.64. The molecule has 0 spiro atoms. The summed E-state index contributed by atoms with van der Waals surface area (Å²) in [5.41, 5.74) is 2.64. The van der Waals surface area contributed by atoms with Crippen molar-refractivity contribution in [1.82, 2.24) is 9.78 Å². The number of benzene rings is 2. The molecule has 0 atom stereocenters. The van der Waals surface area contributed by atoms with Crippen LogP contribution in [0.4, 0.5) is 5.69 Å². The largest absolute Gasteiger partial charge is 0.294 e. The van der Waals surface area contributed by atoms with Gasteiger partial charge in [-0.05, 0) is 48.2 Å². The van der Waals surface area contributed by atoms with Crippen LogP contribution < -0.4 is 4.72 Å². The van der Waals surface area contributed by atoms with Crippen molar-refractivity contribution in [2.45, 2.75) is 31.6 Å². The highest BCUT2D eigenvalue weighted by atomic mass is 32.2. The second kappa shape index (κ2) is 6.60. The molecule has 1 heterocycles. The van der Waals surface area contributed by atoms with Crippen LogP contribution in [0.1, 0.15) is 36.3 Å². The lowest BCUT2D eigenvalue weighted by Gasteiger charge is -2.28. The summed E-state index contributed by atoms with van der Waals surface area (Å²) < 4.78 is 29.5. The maximum Gasteiger partial charge on any atom is 0.261 e. The van der Waals surface area contributed by atoms with Gasteiger partial charge in [0.05, 0.1) is 28.0 Å². The summed E-state index contributed by atoms with van der Waals surface area (Å²) in [6, 6.07) is 15.3. The standard InChI is InChI=1S/C21H21N3O3S/c1-21(2)12-19-18(20(25)13-21)14-22-24(19)16-8-10-17(11-9-16)28(26,27)23-15-6-4-3-5-7-15/h3-11,14,23H,12-13H2,1-2H3. The molecule has 2 aromatic carbocycles. The number of carbonyl (C=O) groups is 1. The molecule has 1 N–H and O–H groups in total. The molecule has 0 saturated carbocycles. The van der Waals surface area contributed by atoms with Gasteiger partial charge in [0.15, 0.2) is 5.78 Å². The van der Waals surface area contributed by atoms with E-state index in [-0.39, 0.29) is 16.1 Å². The second-order valence-electron chi connectivity index (χ2n) is 7.82. The average molecular weight is 395 g/mol. The van der Waals surface area contributed by atoms with Gasteiger partial charge in [-0.15, -0.1) is 0 Å². The fourth-order valence-corrected chi connectivity index (χ4v) is 4.59. The summed E-state index contributed by atoms with van der Waals surface area (Å²) in [6.07, 6.45) is 2.85. The van der Waals surface area contributed by atoms with Gasteiger partial charge in [-0.25, -0.2) is 13.1 Å². The van der Waals surface area contributed by atoms with Gasteiger partial charge in [-0.3, -0.25) is 9.52 Å². The molecule has 4 rings (SSSR count). The predicted molar refractivity (Wildman–Crippen MR) is 107 cm³/mol. The Bertz CT molecular complexity index is 1130. The number of nitrogens with one attached hydrogen (secondary N) is 1. The van der Waals surface area contributed by atoms with E-state index in [1.165, 1.54) is 0 Å². The summed E-state index contributed by atoms with van der Waals surface area (Å²) in [4.78, 5) is 12.5. The lowest BCUT2D eigenvalue weighted by Crippen LogP contribution is -2.27. The number of hydrogen-bond donors (Lipinski definition) is 1.